The Morgan fingerprint density at radius 1 is 1.18 bits per heavy atom. The maximum absolute atomic E-state index is 5.52. The van der Waals surface area contributed by atoms with Gasteiger partial charge in [0.05, 0.1) is 30.8 Å². The first-order valence-corrected chi connectivity index (χ1v) is 5.69. The van der Waals surface area contributed by atoms with Crippen molar-refractivity contribution in [1.82, 2.24) is 4.98 Å². The fraction of sp³-hybridized carbons (Fsp3) is 0.583. The zero-order chi connectivity index (χ0) is 12.5. The summed E-state index contributed by atoms with van der Waals surface area (Å²) >= 11 is 0. The van der Waals surface area contributed by atoms with Gasteiger partial charge in [0.2, 0.25) is 0 Å². The van der Waals surface area contributed by atoms with Gasteiger partial charge in [-0.15, -0.1) is 0 Å². The predicted octanol–water partition coefficient (Wildman–Crippen LogP) is 0.640. The largest absolute Gasteiger partial charge is 0.383 e. The van der Waals surface area contributed by atoms with Gasteiger partial charge in [0.25, 0.3) is 0 Å². The van der Waals surface area contributed by atoms with Crippen LogP contribution in [0.2, 0.25) is 0 Å². The summed E-state index contributed by atoms with van der Waals surface area (Å²) in [5.41, 5.74) is 7.48. The van der Waals surface area contributed by atoms with Crippen molar-refractivity contribution < 1.29 is 9.47 Å². The molecule has 17 heavy (non-hydrogen) atoms. The van der Waals surface area contributed by atoms with Crippen LogP contribution in [-0.2, 0) is 16.0 Å². The van der Waals surface area contributed by atoms with Crippen molar-refractivity contribution in [2.24, 2.45) is 5.73 Å². The van der Waals surface area contributed by atoms with Crippen molar-refractivity contribution in [3.63, 3.8) is 0 Å². The second kappa shape index (κ2) is 8.00. The van der Waals surface area contributed by atoms with Crippen LogP contribution >= 0.6 is 0 Å². The van der Waals surface area contributed by atoms with Gasteiger partial charge in [-0.2, -0.15) is 0 Å². The number of hydrogen-bond acceptors (Lipinski definition) is 5. The van der Waals surface area contributed by atoms with Crippen LogP contribution in [0.1, 0.15) is 5.69 Å². The summed E-state index contributed by atoms with van der Waals surface area (Å²) in [4.78, 5) is 6.47. The third-order valence-electron chi connectivity index (χ3n) is 2.51. The third kappa shape index (κ3) is 4.68. The number of aromatic nitrogens is 1. The number of methoxy groups -OCH3 is 2. The molecule has 0 atom stereocenters. The highest BCUT2D eigenvalue weighted by Crippen LogP contribution is 2.12. The molecule has 0 spiro atoms. The second-order valence-corrected chi connectivity index (χ2v) is 3.68. The summed E-state index contributed by atoms with van der Waals surface area (Å²) < 4.78 is 10.2. The Labute approximate surface area is 103 Å². The van der Waals surface area contributed by atoms with Crippen molar-refractivity contribution in [3.05, 3.63) is 24.0 Å². The Morgan fingerprint density at radius 3 is 2.24 bits per heavy atom. The van der Waals surface area contributed by atoms with E-state index in [9.17, 15) is 0 Å². The quantitative estimate of drug-likeness (QED) is 0.721. The minimum absolute atomic E-state index is 0.469. The monoisotopic (exact) mass is 239 g/mol. The fourth-order valence-electron chi connectivity index (χ4n) is 1.50. The maximum atomic E-state index is 5.52. The number of hydrogen-bond donors (Lipinski definition) is 1. The van der Waals surface area contributed by atoms with Gasteiger partial charge in [-0.25, -0.2) is 0 Å². The fourth-order valence-corrected chi connectivity index (χ4v) is 1.50. The van der Waals surface area contributed by atoms with Crippen LogP contribution in [0.25, 0.3) is 0 Å². The lowest BCUT2D eigenvalue weighted by molar-refractivity contribution is 0.190. The summed E-state index contributed by atoms with van der Waals surface area (Å²) in [6.07, 6.45) is 1.84. The Bertz CT molecular complexity index is 295. The smallest absolute Gasteiger partial charge is 0.0637 e. The summed E-state index contributed by atoms with van der Waals surface area (Å²) in [6.45, 7) is 3.48. The molecule has 96 valence electrons. The molecule has 0 radical (unpaired) electrons. The van der Waals surface area contributed by atoms with E-state index in [1.165, 1.54) is 0 Å². The summed E-state index contributed by atoms with van der Waals surface area (Å²) in [5.74, 6) is 0. The van der Waals surface area contributed by atoms with E-state index in [4.69, 9.17) is 15.2 Å². The molecule has 2 N–H and O–H groups in total. The van der Waals surface area contributed by atoms with E-state index in [1.54, 1.807) is 14.2 Å². The predicted molar refractivity (Wildman–Crippen MR) is 68.1 cm³/mol. The van der Waals surface area contributed by atoms with E-state index in [0.29, 0.717) is 19.8 Å². The highest BCUT2D eigenvalue weighted by atomic mass is 16.5. The van der Waals surface area contributed by atoms with E-state index >= 15 is 0 Å². The molecule has 1 heterocycles. The summed E-state index contributed by atoms with van der Waals surface area (Å²) in [7, 11) is 3.40. The molecule has 1 aromatic heterocycles. The van der Waals surface area contributed by atoms with Gasteiger partial charge in [0.15, 0.2) is 0 Å². The van der Waals surface area contributed by atoms with E-state index in [2.05, 4.69) is 9.88 Å². The molecule has 0 aliphatic rings. The van der Waals surface area contributed by atoms with Crippen molar-refractivity contribution in [1.29, 1.82) is 0 Å². The normalized spacial score (nSPS) is 10.5. The maximum Gasteiger partial charge on any atom is 0.0637 e. The topological polar surface area (TPSA) is 60.6 Å². The molecule has 0 bridgehead atoms. The van der Waals surface area contributed by atoms with Crippen LogP contribution in [0.5, 0.6) is 0 Å². The standard InChI is InChI=1S/C12H21N3O2/c1-16-7-5-15(6-8-17-2)12-4-3-11(9-13)14-10-12/h3-4,10H,5-9,13H2,1-2H3. The van der Waals surface area contributed by atoms with Crippen LogP contribution in [0.3, 0.4) is 0 Å². The second-order valence-electron chi connectivity index (χ2n) is 3.68. The molecule has 0 aliphatic heterocycles. The lowest BCUT2D eigenvalue weighted by Crippen LogP contribution is -2.30. The first-order chi connectivity index (χ1) is 8.31. The van der Waals surface area contributed by atoms with Crippen LogP contribution in [0, 0.1) is 0 Å². The van der Waals surface area contributed by atoms with Crippen LogP contribution in [-0.4, -0.2) is 45.5 Å². The third-order valence-corrected chi connectivity index (χ3v) is 2.51. The van der Waals surface area contributed by atoms with Gasteiger partial charge in [0, 0.05) is 33.9 Å². The molecule has 0 aliphatic carbocycles. The molecule has 0 aromatic carbocycles. The molecule has 1 aromatic rings. The average Bonchev–Trinajstić information content (AvgIpc) is 2.39. The zero-order valence-corrected chi connectivity index (χ0v) is 10.6. The Hall–Kier alpha value is -1.17. The number of nitrogens with two attached hydrogens (primary N) is 1. The minimum Gasteiger partial charge on any atom is -0.383 e. The van der Waals surface area contributed by atoms with Crippen molar-refractivity contribution in [2.75, 3.05) is 45.4 Å². The number of nitrogens with zero attached hydrogens (tertiary/aromatic N) is 2. The first-order valence-electron chi connectivity index (χ1n) is 5.69. The molecule has 0 saturated heterocycles. The van der Waals surface area contributed by atoms with Gasteiger partial charge in [0.1, 0.15) is 0 Å². The van der Waals surface area contributed by atoms with Crippen molar-refractivity contribution >= 4 is 5.69 Å². The number of pyridine rings is 1. The number of anilines is 1. The Kier molecular flexibility index (Phi) is 6.54. The van der Waals surface area contributed by atoms with Crippen LogP contribution in [0.15, 0.2) is 18.3 Å². The van der Waals surface area contributed by atoms with E-state index in [1.807, 2.05) is 18.3 Å². The first kappa shape index (κ1) is 13.9. The number of rotatable bonds is 8. The highest BCUT2D eigenvalue weighted by molar-refractivity contribution is 5.44. The molecule has 0 unspecified atom stereocenters. The molecule has 0 amide bonds. The summed E-state index contributed by atoms with van der Waals surface area (Å²) in [6, 6.07) is 3.97. The molecule has 5 heteroatoms. The van der Waals surface area contributed by atoms with Crippen LogP contribution < -0.4 is 10.6 Å². The molecular weight excluding hydrogens is 218 g/mol. The van der Waals surface area contributed by atoms with Gasteiger partial charge >= 0.3 is 0 Å². The van der Waals surface area contributed by atoms with Crippen LogP contribution in [0.4, 0.5) is 5.69 Å². The van der Waals surface area contributed by atoms with Gasteiger partial charge < -0.3 is 20.1 Å². The molecule has 0 saturated carbocycles. The van der Waals surface area contributed by atoms with E-state index < -0.39 is 0 Å². The molecule has 0 fully saturated rings. The van der Waals surface area contributed by atoms with Gasteiger partial charge in [-0.05, 0) is 12.1 Å². The SMILES string of the molecule is COCCN(CCOC)c1ccc(CN)nc1. The molecular formula is C12H21N3O2. The van der Waals surface area contributed by atoms with Crippen molar-refractivity contribution in [2.45, 2.75) is 6.54 Å². The van der Waals surface area contributed by atoms with Gasteiger partial charge in [-0.3, -0.25) is 4.98 Å². The Balaban J connectivity index is 2.65. The molecule has 5 nitrogen and oxygen atoms in total. The zero-order valence-electron chi connectivity index (χ0n) is 10.6. The molecule has 1 rings (SSSR count). The minimum atomic E-state index is 0.469. The van der Waals surface area contributed by atoms with Gasteiger partial charge in [-0.1, -0.05) is 0 Å². The lowest BCUT2D eigenvalue weighted by atomic mass is 10.3. The van der Waals surface area contributed by atoms with Crippen molar-refractivity contribution in [3.8, 4) is 0 Å². The lowest BCUT2D eigenvalue weighted by Gasteiger charge is -2.23. The Morgan fingerprint density at radius 2 is 1.82 bits per heavy atom. The average molecular weight is 239 g/mol. The summed E-state index contributed by atoms with van der Waals surface area (Å²) in [5, 5.41) is 0. The number of ether oxygens (including phenoxy) is 2. The van der Waals surface area contributed by atoms with E-state index in [0.717, 1.165) is 24.5 Å². The van der Waals surface area contributed by atoms with E-state index in [-0.39, 0.29) is 0 Å². The highest BCUT2D eigenvalue weighted by Gasteiger charge is 2.06.